The van der Waals surface area contributed by atoms with Gasteiger partial charge in [-0.25, -0.2) is 4.79 Å². The van der Waals surface area contributed by atoms with Crippen molar-refractivity contribution in [1.29, 1.82) is 0 Å². The SMILES string of the molecule is CN(C[C@](CCN1CCC2(CC1)c1ccccc1C[S+]2[O-])(c1ccc(Cl)c(Cl)c1)N(C)C(=O)OC(C)(C)C)C(=O)C(C)(C)C. The van der Waals surface area contributed by atoms with Crippen molar-refractivity contribution < 1.29 is 18.9 Å². The molecule has 0 aliphatic carbocycles. The molecule has 0 N–H and O–H groups in total. The number of hydrogen-bond donors (Lipinski definition) is 0. The molecular weight excluding hydrogens is 617 g/mol. The number of likely N-dealkylation sites (N-methyl/N-ethyl adjacent to an activating group) is 2. The highest BCUT2D eigenvalue weighted by atomic mass is 35.5. The Balaban J connectivity index is 1.68. The third-order valence-electron chi connectivity index (χ3n) is 8.99. The van der Waals surface area contributed by atoms with Crippen LogP contribution in [-0.4, -0.2) is 77.1 Å². The van der Waals surface area contributed by atoms with Crippen molar-refractivity contribution in [2.75, 3.05) is 40.3 Å². The maximum Gasteiger partial charge on any atom is 0.410 e. The smallest absolute Gasteiger partial charge is 0.410 e. The van der Waals surface area contributed by atoms with Gasteiger partial charge >= 0.3 is 6.09 Å². The van der Waals surface area contributed by atoms with Crippen LogP contribution in [0.15, 0.2) is 42.5 Å². The molecule has 0 saturated carbocycles. The Hall–Kier alpha value is -1.97. The van der Waals surface area contributed by atoms with Crippen molar-refractivity contribution in [3.05, 3.63) is 69.2 Å². The number of rotatable bonds is 7. The number of amides is 2. The molecule has 242 valence electrons. The van der Waals surface area contributed by atoms with Gasteiger partial charge in [0.15, 0.2) is 4.75 Å². The standard InChI is InChI=1S/C34H47Cl2N3O4S/c1-31(2,3)29(40)37(7)23-33(25-13-14-27(35)28(36)21-25,38(8)30(41)43-32(4,5)6)15-18-39-19-16-34(17-20-39)26-12-10-9-11-24(26)22-44(34)42/h9-14,21H,15-20,22-23H2,1-8H3/t33-,44?/m1/s1. The number of hydrogen-bond acceptors (Lipinski definition) is 5. The number of benzene rings is 2. The molecule has 44 heavy (non-hydrogen) atoms. The van der Waals surface area contributed by atoms with Crippen LogP contribution in [0.25, 0.3) is 0 Å². The van der Waals surface area contributed by atoms with Crippen LogP contribution < -0.4 is 0 Å². The lowest BCUT2D eigenvalue weighted by Gasteiger charge is -2.47. The van der Waals surface area contributed by atoms with Crippen LogP contribution in [0.4, 0.5) is 4.79 Å². The molecule has 1 saturated heterocycles. The Morgan fingerprint density at radius 3 is 2.23 bits per heavy atom. The third-order valence-corrected chi connectivity index (χ3v) is 11.8. The van der Waals surface area contributed by atoms with E-state index in [4.69, 9.17) is 27.9 Å². The summed E-state index contributed by atoms with van der Waals surface area (Å²) in [4.78, 5) is 33.0. The number of nitrogens with zero attached hydrogens (tertiary/aromatic N) is 3. The zero-order valence-corrected chi connectivity index (χ0v) is 29.7. The van der Waals surface area contributed by atoms with Crippen LogP contribution in [0.5, 0.6) is 0 Å². The molecule has 2 heterocycles. The molecular formula is C34H47Cl2N3O4S. The Bertz CT molecular complexity index is 1370. The van der Waals surface area contributed by atoms with E-state index in [1.807, 2.05) is 59.7 Å². The molecule has 1 fully saturated rings. The molecule has 0 radical (unpaired) electrons. The van der Waals surface area contributed by atoms with Gasteiger partial charge in [-0.2, -0.15) is 0 Å². The average molecular weight is 665 g/mol. The number of carbonyl (C=O) groups excluding carboxylic acids is 2. The number of likely N-dealkylation sites (tertiary alicyclic amines) is 1. The van der Waals surface area contributed by atoms with E-state index in [0.29, 0.717) is 28.8 Å². The number of carbonyl (C=O) groups is 2. The predicted molar refractivity (Wildman–Crippen MR) is 179 cm³/mol. The van der Waals surface area contributed by atoms with Crippen LogP contribution in [-0.2, 0) is 36.7 Å². The minimum atomic E-state index is -0.982. The van der Waals surface area contributed by atoms with Crippen LogP contribution in [0.3, 0.4) is 0 Å². The van der Waals surface area contributed by atoms with Crippen LogP contribution >= 0.6 is 23.2 Å². The maximum atomic E-state index is 13.7. The molecule has 2 atom stereocenters. The molecule has 0 bridgehead atoms. The second-order valence-electron chi connectivity index (χ2n) is 14.3. The van der Waals surface area contributed by atoms with E-state index in [-0.39, 0.29) is 17.2 Å². The van der Waals surface area contributed by atoms with Gasteiger partial charge in [-0.1, -0.05) is 74.3 Å². The molecule has 2 aromatic carbocycles. The molecule has 2 aliphatic rings. The summed E-state index contributed by atoms with van der Waals surface area (Å²) in [6.07, 6.45) is 1.63. The van der Waals surface area contributed by atoms with Crippen molar-refractivity contribution in [3.63, 3.8) is 0 Å². The highest BCUT2D eigenvalue weighted by molar-refractivity contribution is 7.92. The molecule has 4 rings (SSSR count). The van der Waals surface area contributed by atoms with Crippen molar-refractivity contribution in [2.24, 2.45) is 5.41 Å². The van der Waals surface area contributed by atoms with Gasteiger partial charge in [-0.05, 0) is 56.1 Å². The first-order valence-electron chi connectivity index (χ1n) is 15.3. The second-order valence-corrected chi connectivity index (χ2v) is 16.9. The Labute approximate surface area is 276 Å². The van der Waals surface area contributed by atoms with E-state index in [1.54, 1.807) is 36.0 Å². The van der Waals surface area contributed by atoms with E-state index >= 15 is 0 Å². The van der Waals surface area contributed by atoms with Gasteiger partial charge in [-0.15, -0.1) is 0 Å². The van der Waals surface area contributed by atoms with E-state index in [0.717, 1.165) is 31.5 Å². The van der Waals surface area contributed by atoms with E-state index in [1.165, 1.54) is 11.1 Å². The zero-order valence-electron chi connectivity index (χ0n) is 27.3. The molecule has 10 heteroatoms. The first kappa shape index (κ1) is 34.9. The summed E-state index contributed by atoms with van der Waals surface area (Å²) >= 11 is 12.0. The first-order chi connectivity index (χ1) is 20.4. The van der Waals surface area contributed by atoms with E-state index in [9.17, 15) is 14.1 Å². The molecule has 2 aliphatic heterocycles. The van der Waals surface area contributed by atoms with Gasteiger partial charge in [0.1, 0.15) is 11.4 Å². The van der Waals surface area contributed by atoms with Crippen LogP contribution in [0, 0.1) is 5.41 Å². The van der Waals surface area contributed by atoms with Crippen molar-refractivity contribution >= 4 is 46.4 Å². The van der Waals surface area contributed by atoms with Gasteiger partial charge in [-0.3, -0.25) is 9.69 Å². The number of fused-ring (bicyclic) bond motifs is 2. The Morgan fingerprint density at radius 2 is 1.64 bits per heavy atom. The third kappa shape index (κ3) is 7.20. The zero-order chi connectivity index (χ0) is 32.7. The lowest BCUT2D eigenvalue weighted by Crippen LogP contribution is -2.57. The number of ether oxygens (including phenoxy) is 1. The molecule has 2 aromatic rings. The monoisotopic (exact) mass is 663 g/mol. The molecule has 0 aromatic heterocycles. The van der Waals surface area contributed by atoms with Crippen LogP contribution in [0.2, 0.25) is 10.0 Å². The lowest BCUT2D eigenvalue weighted by molar-refractivity contribution is -0.140. The fraction of sp³-hybridized carbons (Fsp3) is 0.588. The highest BCUT2D eigenvalue weighted by Gasteiger charge is 2.52. The Morgan fingerprint density at radius 1 is 1.00 bits per heavy atom. The fourth-order valence-corrected chi connectivity index (χ4v) is 8.77. The second kappa shape index (κ2) is 13.0. The van der Waals surface area contributed by atoms with Gasteiger partial charge in [0.25, 0.3) is 0 Å². The predicted octanol–water partition coefficient (Wildman–Crippen LogP) is 7.20. The summed E-state index contributed by atoms with van der Waals surface area (Å²) in [6, 6.07) is 13.7. The summed E-state index contributed by atoms with van der Waals surface area (Å²) in [7, 11) is 3.51. The van der Waals surface area contributed by atoms with E-state index in [2.05, 4.69) is 17.0 Å². The maximum absolute atomic E-state index is 13.7. The van der Waals surface area contributed by atoms with Gasteiger partial charge in [0.05, 0.1) is 15.6 Å². The summed E-state index contributed by atoms with van der Waals surface area (Å²) in [5.41, 5.74) is 0.893. The number of piperidine rings is 1. The lowest BCUT2D eigenvalue weighted by atomic mass is 9.82. The van der Waals surface area contributed by atoms with Crippen LogP contribution in [0.1, 0.15) is 77.5 Å². The van der Waals surface area contributed by atoms with Gasteiger partial charge in [0, 0.05) is 69.7 Å². The summed E-state index contributed by atoms with van der Waals surface area (Å²) < 4.78 is 19.0. The van der Waals surface area contributed by atoms with Gasteiger partial charge in [0.2, 0.25) is 5.91 Å². The molecule has 7 nitrogen and oxygen atoms in total. The first-order valence-corrected chi connectivity index (χ1v) is 17.3. The minimum Gasteiger partial charge on any atom is -0.615 e. The largest absolute Gasteiger partial charge is 0.615 e. The fourth-order valence-electron chi connectivity index (χ4n) is 6.58. The Kier molecular flexibility index (Phi) is 10.3. The molecule has 1 spiro atoms. The topological polar surface area (TPSA) is 76.2 Å². The van der Waals surface area contributed by atoms with E-state index < -0.39 is 33.8 Å². The van der Waals surface area contributed by atoms with Gasteiger partial charge < -0.3 is 19.1 Å². The normalized spacial score (nSPS) is 19.8. The van der Waals surface area contributed by atoms with Crippen molar-refractivity contribution in [1.82, 2.24) is 14.7 Å². The minimum absolute atomic E-state index is 0.0400. The highest BCUT2D eigenvalue weighted by Crippen LogP contribution is 2.49. The summed E-state index contributed by atoms with van der Waals surface area (Å²) in [5, 5.41) is 0.785. The summed E-state index contributed by atoms with van der Waals surface area (Å²) in [5.74, 6) is 0.577. The molecule has 1 unspecified atom stereocenters. The molecule has 2 amide bonds. The van der Waals surface area contributed by atoms with Crippen molar-refractivity contribution in [3.8, 4) is 0 Å². The number of halogens is 2. The quantitative estimate of drug-likeness (QED) is 0.293. The average Bonchev–Trinajstić information content (AvgIpc) is 3.21. The van der Waals surface area contributed by atoms with Crippen molar-refractivity contribution in [2.45, 2.75) is 82.4 Å². The summed E-state index contributed by atoms with van der Waals surface area (Å²) in [6.45, 7) is 13.6.